The summed E-state index contributed by atoms with van der Waals surface area (Å²) in [5.74, 6) is 0. The van der Waals surface area contributed by atoms with Crippen LogP contribution in [0.15, 0.2) is 23.1 Å². The van der Waals surface area contributed by atoms with Gasteiger partial charge in [0.25, 0.3) is 0 Å². The summed E-state index contributed by atoms with van der Waals surface area (Å²) in [5.41, 5.74) is 1.74. The molecule has 1 aliphatic heterocycles. The maximum absolute atomic E-state index is 12.9. The van der Waals surface area contributed by atoms with Crippen molar-refractivity contribution in [2.75, 3.05) is 20.7 Å². The number of hydrogen-bond acceptors (Lipinski definition) is 4. The molecule has 0 spiro atoms. The summed E-state index contributed by atoms with van der Waals surface area (Å²) in [4.78, 5) is 0.386. The fourth-order valence-corrected chi connectivity index (χ4v) is 4.49. The molecule has 1 aromatic rings. The van der Waals surface area contributed by atoms with Gasteiger partial charge in [-0.15, -0.1) is 0 Å². The molecule has 1 aliphatic rings. The number of nitrogens with one attached hydrogen (secondary N) is 1. The van der Waals surface area contributed by atoms with E-state index in [-0.39, 0.29) is 12.1 Å². The summed E-state index contributed by atoms with van der Waals surface area (Å²) in [6.07, 6.45) is 0.678. The minimum absolute atomic E-state index is 0.0643. The quantitative estimate of drug-likeness (QED) is 0.895. The minimum atomic E-state index is -3.50. The van der Waals surface area contributed by atoms with Crippen LogP contribution < -0.4 is 5.32 Å². The molecule has 2 unspecified atom stereocenters. The average molecular weight is 312 g/mol. The van der Waals surface area contributed by atoms with Gasteiger partial charge in [-0.3, -0.25) is 0 Å². The number of ether oxygens (including phenoxy) is 1. The Morgan fingerprint density at radius 3 is 2.71 bits per heavy atom. The van der Waals surface area contributed by atoms with E-state index >= 15 is 0 Å². The first-order valence-electron chi connectivity index (χ1n) is 7.21. The molecular weight excluding hydrogens is 288 g/mol. The van der Waals surface area contributed by atoms with Gasteiger partial charge >= 0.3 is 0 Å². The Morgan fingerprint density at radius 2 is 2.14 bits per heavy atom. The molecule has 1 heterocycles. The largest absolute Gasteiger partial charge is 0.377 e. The van der Waals surface area contributed by atoms with Gasteiger partial charge in [-0.1, -0.05) is 12.1 Å². The second kappa shape index (κ2) is 6.44. The van der Waals surface area contributed by atoms with Crippen LogP contribution in [0, 0.1) is 6.92 Å². The standard InChI is InChI=1S/C15H24N2O3S/c1-11-5-6-13(10-16-3)9-15(11)21(18,19)17(4)14-7-8-20-12(14)2/h5-6,9,12,14,16H,7-8,10H2,1-4H3. The van der Waals surface area contributed by atoms with Crippen molar-refractivity contribution in [3.8, 4) is 0 Å². The van der Waals surface area contributed by atoms with Crippen molar-refractivity contribution in [2.45, 2.75) is 43.9 Å². The number of nitrogens with zero attached hydrogens (tertiary/aromatic N) is 1. The van der Waals surface area contributed by atoms with Crippen molar-refractivity contribution in [3.63, 3.8) is 0 Å². The van der Waals surface area contributed by atoms with Crippen LogP contribution in [0.4, 0.5) is 0 Å². The van der Waals surface area contributed by atoms with E-state index in [4.69, 9.17) is 4.74 Å². The van der Waals surface area contributed by atoms with Gasteiger partial charge in [-0.2, -0.15) is 4.31 Å². The van der Waals surface area contributed by atoms with E-state index in [1.807, 2.05) is 33.0 Å². The second-order valence-corrected chi connectivity index (χ2v) is 7.55. The third-order valence-corrected chi connectivity index (χ3v) is 6.12. The smallest absolute Gasteiger partial charge is 0.243 e. The van der Waals surface area contributed by atoms with Gasteiger partial charge in [0.2, 0.25) is 10.0 Å². The highest BCUT2D eigenvalue weighted by molar-refractivity contribution is 7.89. The molecule has 0 aliphatic carbocycles. The van der Waals surface area contributed by atoms with Gasteiger partial charge in [-0.25, -0.2) is 8.42 Å². The third-order valence-electron chi connectivity index (χ3n) is 4.09. The molecule has 2 rings (SSSR count). The first kappa shape index (κ1) is 16.4. The maximum Gasteiger partial charge on any atom is 0.243 e. The normalized spacial score (nSPS) is 22.9. The summed E-state index contributed by atoms with van der Waals surface area (Å²) in [7, 11) is -0.00813. The molecule has 0 bridgehead atoms. The predicted molar refractivity (Wildman–Crippen MR) is 82.7 cm³/mol. The average Bonchev–Trinajstić information content (AvgIpc) is 2.86. The monoisotopic (exact) mass is 312 g/mol. The molecule has 5 nitrogen and oxygen atoms in total. The molecule has 118 valence electrons. The van der Waals surface area contributed by atoms with Crippen LogP contribution in [-0.2, 0) is 21.3 Å². The minimum Gasteiger partial charge on any atom is -0.377 e. The lowest BCUT2D eigenvalue weighted by molar-refractivity contribution is 0.102. The number of sulfonamides is 1. The van der Waals surface area contributed by atoms with E-state index in [0.717, 1.165) is 17.5 Å². The van der Waals surface area contributed by atoms with E-state index in [9.17, 15) is 8.42 Å². The van der Waals surface area contributed by atoms with Crippen molar-refractivity contribution in [1.82, 2.24) is 9.62 Å². The highest BCUT2D eigenvalue weighted by atomic mass is 32.2. The highest BCUT2D eigenvalue weighted by Gasteiger charge is 2.35. The van der Waals surface area contributed by atoms with E-state index < -0.39 is 10.0 Å². The van der Waals surface area contributed by atoms with Gasteiger partial charge in [0, 0.05) is 20.2 Å². The van der Waals surface area contributed by atoms with Crippen LogP contribution in [0.25, 0.3) is 0 Å². The van der Waals surface area contributed by atoms with Crippen LogP contribution in [0.2, 0.25) is 0 Å². The van der Waals surface area contributed by atoms with Crippen molar-refractivity contribution in [2.24, 2.45) is 0 Å². The zero-order valence-electron chi connectivity index (χ0n) is 13.1. The Morgan fingerprint density at radius 1 is 1.43 bits per heavy atom. The van der Waals surface area contributed by atoms with Gasteiger partial charge in [-0.05, 0) is 44.5 Å². The van der Waals surface area contributed by atoms with Gasteiger partial charge in [0.15, 0.2) is 0 Å². The zero-order valence-corrected chi connectivity index (χ0v) is 13.9. The summed E-state index contributed by atoms with van der Waals surface area (Å²) >= 11 is 0. The molecule has 1 N–H and O–H groups in total. The van der Waals surface area contributed by atoms with Crippen LogP contribution in [-0.4, -0.2) is 45.6 Å². The topological polar surface area (TPSA) is 58.6 Å². The summed E-state index contributed by atoms with van der Waals surface area (Å²) < 4.78 is 32.7. The SMILES string of the molecule is CNCc1ccc(C)c(S(=O)(=O)N(C)C2CCOC2C)c1. The van der Waals surface area contributed by atoms with Crippen molar-refractivity contribution in [1.29, 1.82) is 0 Å². The second-order valence-electron chi connectivity index (χ2n) is 5.58. The molecule has 0 saturated carbocycles. The Labute approximate surface area is 127 Å². The zero-order chi connectivity index (χ0) is 15.6. The predicted octanol–water partition coefficient (Wildman–Crippen LogP) is 1.51. The number of aryl methyl sites for hydroxylation is 1. The van der Waals surface area contributed by atoms with E-state index in [1.54, 1.807) is 13.1 Å². The summed E-state index contributed by atoms with van der Waals surface area (Å²) in [5, 5.41) is 3.05. The third kappa shape index (κ3) is 3.29. The molecular formula is C15H24N2O3S. The lowest BCUT2D eigenvalue weighted by atomic mass is 10.1. The van der Waals surface area contributed by atoms with Gasteiger partial charge in [0.1, 0.15) is 0 Å². The van der Waals surface area contributed by atoms with Crippen LogP contribution in [0.1, 0.15) is 24.5 Å². The van der Waals surface area contributed by atoms with Crippen molar-refractivity contribution >= 4 is 10.0 Å². The van der Waals surface area contributed by atoms with Crippen LogP contribution >= 0.6 is 0 Å². The summed E-state index contributed by atoms with van der Waals surface area (Å²) in [6.45, 7) is 5.02. The first-order valence-corrected chi connectivity index (χ1v) is 8.65. The maximum atomic E-state index is 12.9. The molecule has 1 fully saturated rings. The van der Waals surface area contributed by atoms with Crippen LogP contribution in [0.3, 0.4) is 0 Å². The number of benzene rings is 1. The molecule has 0 radical (unpaired) electrons. The highest BCUT2D eigenvalue weighted by Crippen LogP contribution is 2.27. The number of likely N-dealkylation sites (N-methyl/N-ethyl adjacent to an activating group) is 1. The molecule has 0 aromatic heterocycles. The fraction of sp³-hybridized carbons (Fsp3) is 0.600. The summed E-state index contributed by atoms with van der Waals surface area (Å²) in [6, 6.07) is 5.48. The molecule has 1 aromatic carbocycles. The molecule has 0 amide bonds. The number of hydrogen-bond donors (Lipinski definition) is 1. The van der Waals surface area contributed by atoms with Crippen LogP contribution in [0.5, 0.6) is 0 Å². The van der Waals surface area contributed by atoms with Gasteiger partial charge < -0.3 is 10.1 Å². The van der Waals surface area contributed by atoms with E-state index in [0.29, 0.717) is 18.0 Å². The van der Waals surface area contributed by atoms with Gasteiger partial charge in [0.05, 0.1) is 17.0 Å². The Kier molecular flexibility index (Phi) is 5.03. The Hall–Kier alpha value is -0.950. The van der Waals surface area contributed by atoms with E-state index in [2.05, 4.69) is 5.32 Å². The lowest BCUT2D eigenvalue weighted by Gasteiger charge is -2.26. The Bertz CT molecular complexity index is 601. The van der Waals surface area contributed by atoms with E-state index in [1.165, 1.54) is 4.31 Å². The molecule has 1 saturated heterocycles. The molecule has 21 heavy (non-hydrogen) atoms. The molecule has 2 atom stereocenters. The molecule has 6 heteroatoms. The lowest BCUT2D eigenvalue weighted by Crippen LogP contribution is -2.41. The first-order chi connectivity index (χ1) is 9.87. The fourth-order valence-electron chi connectivity index (χ4n) is 2.77. The van der Waals surface area contributed by atoms with Crippen molar-refractivity contribution in [3.05, 3.63) is 29.3 Å². The number of rotatable bonds is 5. The van der Waals surface area contributed by atoms with Crippen molar-refractivity contribution < 1.29 is 13.2 Å². The Balaban J connectivity index is 2.36.